The normalized spacial score (nSPS) is 11.9. The molecule has 0 aliphatic heterocycles. The Morgan fingerprint density at radius 2 is 1.68 bits per heavy atom. The van der Waals surface area contributed by atoms with Crippen molar-refractivity contribution in [1.29, 1.82) is 0 Å². The summed E-state index contributed by atoms with van der Waals surface area (Å²) in [7, 11) is 0. The Hall–Kier alpha value is -2.17. The van der Waals surface area contributed by atoms with Crippen LogP contribution in [0.3, 0.4) is 0 Å². The number of halogens is 1. The molecule has 1 unspecified atom stereocenters. The van der Waals surface area contributed by atoms with Crippen molar-refractivity contribution in [2.75, 3.05) is 0 Å². The quantitative estimate of drug-likeness (QED) is 0.770. The van der Waals surface area contributed by atoms with E-state index in [4.69, 9.17) is 11.6 Å². The van der Waals surface area contributed by atoms with Gasteiger partial charge in [-0.2, -0.15) is 0 Å². The maximum Gasteiger partial charge on any atom is 0.321 e. The van der Waals surface area contributed by atoms with Gasteiger partial charge in [-0.15, -0.1) is 0 Å². The number of rotatable bonds is 7. The fourth-order valence-electron chi connectivity index (χ4n) is 2.02. The first-order valence-corrected chi connectivity index (χ1v) is 7.23. The molecule has 0 aliphatic rings. The molecule has 4 nitrogen and oxygen atoms in total. The van der Waals surface area contributed by atoms with Crippen LogP contribution < -0.4 is 5.32 Å². The van der Waals surface area contributed by atoms with E-state index >= 15 is 0 Å². The Kier molecular flexibility index (Phi) is 5.69. The van der Waals surface area contributed by atoms with Gasteiger partial charge < -0.3 is 5.11 Å². The Labute approximate surface area is 133 Å². The van der Waals surface area contributed by atoms with Crippen LogP contribution in [0.4, 0.5) is 0 Å². The second-order valence-corrected chi connectivity index (χ2v) is 5.33. The maximum absolute atomic E-state index is 12.1. The van der Waals surface area contributed by atoms with Crippen molar-refractivity contribution in [2.45, 2.75) is 19.0 Å². The third-order valence-electron chi connectivity index (χ3n) is 3.25. The molecule has 0 amide bonds. The topological polar surface area (TPSA) is 66.4 Å². The van der Waals surface area contributed by atoms with E-state index in [-0.39, 0.29) is 12.2 Å². The molecular weight excluding hydrogens is 302 g/mol. The molecule has 22 heavy (non-hydrogen) atoms. The van der Waals surface area contributed by atoms with E-state index in [1.54, 1.807) is 24.3 Å². The van der Waals surface area contributed by atoms with Gasteiger partial charge in [-0.1, -0.05) is 41.9 Å². The van der Waals surface area contributed by atoms with Crippen LogP contribution in [-0.2, 0) is 11.3 Å². The van der Waals surface area contributed by atoms with Gasteiger partial charge in [0, 0.05) is 23.6 Å². The summed E-state index contributed by atoms with van der Waals surface area (Å²) in [6.07, 6.45) is -0.107. The number of nitrogens with one attached hydrogen (secondary N) is 1. The van der Waals surface area contributed by atoms with Crippen LogP contribution in [0.5, 0.6) is 0 Å². The lowest BCUT2D eigenvalue weighted by molar-refractivity contribution is -0.139. The lowest BCUT2D eigenvalue weighted by atomic mass is 10.0. The van der Waals surface area contributed by atoms with Crippen LogP contribution in [0, 0.1) is 0 Å². The minimum absolute atomic E-state index is 0.107. The SMILES string of the molecule is O=C(CC(NCc1ccccc1)C(=O)O)c1ccc(Cl)cc1. The van der Waals surface area contributed by atoms with Crippen molar-refractivity contribution >= 4 is 23.4 Å². The van der Waals surface area contributed by atoms with Crippen LogP contribution in [0.1, 0.15) is 22.3 Å². The molecule has 0 bridgehead atoms. The molecule has 1 atom stereocenters. The van der Waals surface area contributed by atoms with E-state index < -0.39 is 12.0 Å². The highest BCUT2D eigenvalue weighted by Gasteiger charge is 2.21. The molecule has 2 N–H and O–H groups in total. The molecule has 0 aromatic heterocycles. The zero-order valence-electron chi connectivity index (χ0n) is 11.8. The van der Waals surface area contributed by atoms with Gasteiger partial charge in [0.05, 0.1) is 0 Å². The predicted molar refractivity (Wildman–Crippen MR) is 85.1 cm³/mol. The van der Waals surface area contributed by atoms with Gasteiger partial charge >= 0.3 is 5.97 Å². The van der Waals surface area contributed by atoms with Gasteiger partial charge in [0.1, 0.15) is 6.04 Å². The first-order valence-electron chi connectivity index (χ1n) is 6.85. The van der Waals surface area contributed by atoms with Crippen molar-refractivity contribution in [1.82, 2.24) is 5.32 Å². The second-order valence-electron chi connectivity index (χ2n) is 4.89. The van der Waals surface area contributed by atoms with Crippen LogP contribution in [0.2, 0.25) is 5.02 Å². The first kappa shape index (κ1) is 16.2. The lowest BCUT2D eigenvalue weighted by Gasteiger charge is -2.14. The third-order valence-corrected chi connectivity index (χ3v) is 3.50. The average Bonchev–Trinajstić information content (AvgIpc) is 2.52. The van der Waals surface area contributed by atoms with Gasteiger partial charge in [0.15, 0.2) is 5.78 Å². The number of carboxylic acids is 1. The van der Waals surface area contributed by atoms with Gasteiger partial charge in [-0.25, -0.2) is 0 Å². The summed E-state index contributed by atoms with van der Waals surface area (Å²) in [6, 6.07) is 14.9. The van der Waals surface area contributed by atoms with E-state index in [2.05, 4.69) is 5.32 Å². The highest BCUT2D eigenvalue weighted by Crippen LogP contribution is 2.12. The van der Waals surface area contributed by atoms with Gasteiger partial charge in [0.2, 0.25) is 0 Å². The fraction of sp³-hybridized carbons (Fsp3) is 0.176. The van der Waals surface area contributed by atoms with E-state index in [0.29, 0.717) is 17.1 Å². The van der Waals surface area contributed by atoms with Crippen LogP contribution in [0.25, 0.3) is 0 Å². The summed E-state index contributed by atoms with van der Waals surface area (Å²) in [5.41, 5.74) is 1.42. The van der Waals surface area contributed by atoms with Crippen molar-refractivity contribution < 1.29 is 14.7 Å². The monoisotopic (exact) mass is 317 g/mol. The number of hydrogen-bond acceptors (Lipinski definition) is 3. The number of Topliss-reactive ketones (excluding diaryl/α,β-unsaturated/α-hetero) is 1. The zero-order valence-corrected chi connectivity index (χ0v) is 12.6. The molecule has 2 aromatic rings. The Bertz CT molecular complexity index is 641. The fourth-order valence-corrected chi connectivity index (χ4v) is 2.15. The van der Waals surface area contributed by atoms with E-state index in [0.717, 1.165) is 5.56 Å². The number of carboxylic acid groups (broad SMARTS) is 1. The first-order chi connectivity index (χ1) is 10.6. The van der Waals surface area contributed by atoms with Crippen LogP contribution in [0.15, 0.2) is 54.6 Å². The highest BCUT2D eigenvalue weighted by molar-refractivity contribution is 6.30. The maximum atomic E-state index is 12.1. The number of hydrogen-bond donors (Lipinski definition) is 2. The third kappa shape index (κ3) is 4.69. The minimum Gasteiger partial charge on any atom is -0.480 e. The summed E-state index contributed by atoms with van der Waals surface area (Å²) in [5.74, 6) is -1.28. The molecule has 0 saturated carbocycles. The molecule has 0 radical (unpaired) electrons. The van der Waals surface area contributed by atoms with Crippen molar-refractivity contribution in [3.8, 4) is 0 Å². The van der Waals surface area contributed by atoms with Gasteiger partial charge in [0.25, 0.3) is 0 Å². The number of aliphatic carboxylic acids is 1. The summed E-state index contributed by atoms with van der Waals surface area (Å²) in [4.78, 5) is 23.4. The van der Waals surface area contributed by atoms with Gasteiger partial charge in [-0.3, -0.25) is 14.9 Å². The van der Waals surface area contributed by atoms with Crippen LogP contribution in [-0.4, -0.2) is 22.9 Å². The summed E-state index contributed by atoms with van der Waals surface area (Å²) < 4.78 is 0. The largest absolute Gasteiger partial charge is 0.480 e. The molecule has 0 saturated heterocycles. The zero-order chi connectivity index (χ0) is 15.9. The molecular formula is C17H16ClNO3. The summed E-state index contributed by atoms with van der Waals surface area (Å²) in [6.45, 7) is 0.395. The molecule has 2 aromatic carbocycles. The molecule has 0 heterocycles. The summed E-state index contributed by atoms with van der Waals surface area (Å²) in [5, 5.41) is 12.7. The number of carbonyl (C=O) groups is 2. The highest BCUT2D eigenvalue weighted by atomic mass is 35.5. The van der Waals surface area contributed by atoms with Gasteiger partial charge in [-0.05, 0) is 29.8 Å². The molecule has 2 rings (SSSR count). The Morgan fingerprint density at radius 1 is 1.05 bits per heavy atom. The predicted octanol–water partition coefficient (Wildman–Crippen LogP) is 3.16. The van der Waals surface area contributed by atoms with E-state index in [1.807, 2.05) is 30.3 Å². The average molecular weight is 318 g/mol. The molecule has 5 heteroatoms. The molecule has 0 aliphatic carbocycles. The minimum atomic E-state index is -1.04. The molecule has 0 spiro atoms. The lowest BCUT2D eigenvalue weighted by Crippen LogP contribution is -2.38. The van der Waals surface area contributed by atoms with Crippen molar-refractivity contribution in [2.24, 2.45) is 0 Å². The smallest absolute Gasteiger partial charge is 0.321 e. The standard InChI is InChI=1S/C17H16ClNO3/c18-14-8-6-13(7-9-14)16(20)10-15(17(21)22)19-11-12-4-2-1-3-5-12/h1-9,15,19H,10-11H2,(H,21,22). The molecule has 0 fully saturated rings. The van der Waals surface area contributed by atoms with Crippen LogP contribution >= 0.6 is 11.6 Å². The Balaban J connectivity index is 1.98. The van der Waals surface area contributed by atoms with E-state index in [9.17, 15) is 14.7 Å². The summed E-state index contributed by atoms with van der Waals surface area (Å²) >= 11 is 5.77. The number of carbonyl (C=O) groups excluding carboxylic acids is 1. The van der Waals surface area contributed by atoms with E-state index in [1.165, 1.54) is 0 Å². The van der Waals surface area contributed by atoms with Crippen molar-refractivity contribution in [3.05, 3.63) is 70.7 Å². The second kappa shape index (κ2) is 7.73. The molecule has 114 valence electrons. The number of ketones is 1. The number of benzene rings is 2. The van der Waals surface area contributed by atoms with Crippen molar-refractivity contribution in [3.63, 3.8) is 0 Å². The Morgan fingerprint density at radius 3 is 2.27 bits per heavy atom.